The van der Waals surface area contributed by atoms with E-state index in [0.29, 0.717) is 13.2 Å². The Morgan fingerprint density at radius 2 is 1.17 bits per heavy atom. The highest BCUT2D eigenvalue weighted by molar-refractivity contribution is 9.09. The lowest BCUT2D eigenvalue weighted by molar-refractivity contribution is 0.295. The second kappa shape index (κ2) is 15.3. The molecule has 140 valence electrons. The molecule has 0 rings (SSSR count). The molecule has 4 nitrogen and oxygen atoms in total. The van der Waals surface area contributed by atoms with E-state index in [2.05, 4.69) is 0 Å². The topological polar surface area (TPSA) is 36.9 Å². The monoisotopic (exact) mass is 458 g/mol. The SMILES string of the molecule is CCOP(=S)(CCCSSSCCCP(=S)(OC)OCC)OC. The van der Waals surface area contributed by atoms with Crippen molar-refractivity contribution in [1.29, 1.82) is 0 Å². The first-order valence-corrected chi connectivity index (χ1v) is 16.9. The van der Waals surface area contributed by atoms with Crippen LogP contribution >= 0.6 is 44.4 Å². The first-order valence-electron chi connectivity index (χ1n) is 7.45. The fourth-order valence-electron chi connectivity index (χ4n) is 1.55. The Labute approximate surface area is 163 Å². The van der Waals surface area contributed by atoms with E-state index in [4.69, 9.17) is 41.7 Å². The maximum atomic E-state index is 5.55. The van der Waals surface area contributed by atoms with Gasteiger partial charge in [-0.05, 0) is 60.1 Å². The largest absolute Gasteiger partial charge is 0.333 e. The van der Waals surface area contributed by atoms with Gasteiger partial charge in [0, 0.05) is 38.0 Å². The van der Waals surface area contributed by atoms with Gasteiger partial charge in [0.15, 0.2) is 13.0 Å². The highest BCUT2D eigenvalue weighted by Gasteiger charge is 2.16. The predicted molar refractivity (Wildman–Crippen MR) is 117 cm³/mol. The molecule has 0 aliphatic carbocycles. The molecule has 0 saturated heterocycles. The summed E-state index contributed by atoms with van der Waals surface area (Å²) in [7, 11) is 8.84. The molecule has 0 heterocycles. The molecule has 0 saturated carbocycles. The van der Waals surface area contributed by atoms with Crippen LogP contribution in [0, 0.1) is 0 Å². The highest BCUT2D eigenvalue weighted by atomic mass is 33.5. The number of rotatable bonds is 16. The molecule has 2 atom stereocenters. The summed E-state index contributed by atoms with van der Waals surface area (Å²) in [5.74, 6) is 2.11. The van der Waals surface area contributed by atoms with Gasteiger partial charge in [0.2, 0.25) is 0 Å². The summed E-state index contributed by atoms with van der Waals surface area (Å²) < 4.78 is 21.8. The smallest absolute Gasteiger partial charge is 0.188 e. The van der Waals surface area contributed by atoms with Gasteiger partial charge in [0.05, 0.1) is 13.2 Å². The van der Waals surface area contributed by atoms with Crippen LogP contribution in [0.1, 0.15) is 26.7 Å². The van der Waals surface area contributed by atoms with Crippen LogP contribution in [0.5, 0.6) is 0 Å². The summed E-state index contributed by atoms with van der Waals surface area (Å²) in [6, 6.07) is 0. The molecular formula is C12H28O4P2S5. The van der Waals surface area contributed by atoms with Crippen LogP contribution < -0.4 is 0 Å². The third-order valence-corrected chi connectivity index (χ3v) is 13.8. The van der Waals surface area contributed by atoms with E-state index in [1.54, 1.807) is 14.2 Å². The lowest BCUT2D eigenvalue weighted by atomic mass is 10.6. The van der Waals surface area contributed by atoms with Gasteiger partial charge in [-0.3, -0.25) is 0 Å². The fraction of sp³-hybridized carbons (Fsp3) is 1.00. The van der Waals surface area contributed by atoms with Crippen LogP contribution in [0.4, 0.5) is 0 Å². The number of hydrogen-bond donors (Lipinski definition) is 0. The van der Waals surface area contributed by atoms with Gasteiger partial charge in [0.1, 0.15) is 0 Å². The van der Waals surface area contributed by atoms with Gasteiger partial charge < -0.3 is 18.1 Å². The molecule has 0 aromatic heterocycles. The van der Waals surface area contributed by atoms with Gasteiger partial charge >= 0.3 is 0 Å². The molecular weight excluding hydrogens is 430 g/mol. The zero-order chi connectivity index (χ0) is 17.6. The third-order valence-electron chi connectivity index (χ3n) is 2.62. The van der Waals surface area contributed by atoms with E-state index in [1.165, 1.54) is 0 Å². The molecule has 0 aromatic carbocycles. The zero-order valence-corrected chi connectivity index (χ0v) is 20.1. The van der Waals surface area contributed by atoms with Crippen LogP contribution in [-0.2, 0) is 41.7 Å². The summed E-state index contributed by atoms with van der Waals surface area (Å²) in [5, 5.41) is 0. The molecule has 0 amide bonds. The Balaban J connectivity index is 3.60. The maximum absolute atomic E-state index is 5.55. The van der Waals surface area contributed by atoms with Crippen LogP contribution in [0.3, 0.4) is 0 Å². The van der Waals surface area contributed by atoms with Crippen molar-refractivity contribution < 1.29 is 18.1 Å². The molecule has 0 N–H and O–H groups in total. The Kier molecular flexibility index (Phi) is 16.7. The fourth-order valence-corrected chi connectivity index (χ4v) is 9.98. The standard InChI is InChI=1S/C12H28O4P2S5/c1-5-15-17(19,13-3)9-7-11-21-23-22-12-8-10-18(20,14-4)16-6-2/h5-12H2,1-4H3. The minimum Gasteiger partial charge on any atom is -0.333 e. The lowest BCUT2D eigenvalue weighted by Gasteiger charge is -2.19. The van der Waals surface area contributed by atoms with Crippen LogP contribution in [0.25, 0.3) is 0 Å². The van der Waals surface area contributed by atoms with E-state index in [-0.39, 0.29) is 0 Å². The second-order valence-electron chi connectivity index (χ2n) is 4.29. The predicted octanol–water partition coefficient (Wildman–Crippen LogP) is 5.78. The lowest BCUT2D eigenvalue weighted by Crippen LogP contribution is -1.98. The van der Waals surface area contributed by atoms with Crippen molar-refractivity contribution in [3.05, 3.63) is 0 Å². The maximum Gasteiger partial charge on any atom is 0.188 e. The van der Waals surface area contributed by atoms with Gasteiger partial charge in [-0.15, -0.1) is 0 Å². The molecule has 23 heavy (non-hydrogen) atoms. The minimum atomic E-state index is -2.03. The minimum absolute atomic E-state index is 0.624. The van der Waals surface area contributed by atoms with Gasteiger partial charge in [-0.1, -0.05) is 21.6 Å². The quantitative estimate of drug-likeness (QED) is 0.162. The van der Waals surface area contributed by atoms with E-state index in [9.17, 15) is 0 Å². The van der Waals surface area contributed by atoms with E-state index in [0.717, 1.165) is 36.7 Å². The number of hydrogen-bond acceptors (Lipinski definition) is 9. The Bertz CT molecular complexity index is 352. The van der Waals surface area contributed by atoms with Crippen LogP contribution in [0.2, 0.25) is 0 Å². The summed E-state index contributed by atoms with van der Waals surface area (Å²) in [4.78, 5) is 0. The van der Waals surface area contributed by atoms with Crippen molar-refractivity contribution in [2.45, 2.75) is 26.7 Å². The molecule has 0 aliphatic heterocycles. The van der Waals surface area contributed by atoms with Gasteiger partial charge in [-0.25, -0.2) is 0 Å². The molecule has 11 heteroatoms. The van der Waals surface area contributed by atoms with E-state index in [1.807, 2.05) is 45.3 Å². The van der Waals surface area contributed by atoms with Crippen LogP contribution in [0.15, 0.2) is 0 Å². The van der Waals surface area contributed by atoms with Crippen molar-refractivity contribution in [3.8, 4) is 0 Å². The summed E-state index contributed by atoms with van der Waals surface area (Å²) in [6.07, 6.45) is 3.74. The molecule has 0 radical (unpaired) electrons. The summed E-state index contributed by atoms with van der Waals surface area (Å²) >= 11 is 10.8. The van der Waals surface area contributed by atoms with E-state index < -0.39 is 13.0 Å². The summed E-state index contributed by atoms with van der Waals surface area (Å²) in [5.41, 5.74) is 0. The van der Waals surface area contributed by atoms with Gasteiger partial charge in [-0.2, -0.15) is 0 Å². The Morgan fingerprint density at radius 1 is 0.783 bits per heavy atom. The Morgan fingerprint density at radius 3 is 1.48 bits per heavy atom. The average Bonchev–Trinajstić information content (AvgIpc) is 2.54. The van der Waals surface area contributed by atoms with Crippen molar-refractivity contribution in [2.75, 3.05) is 51.3 Å². The van der Waals surface area contributed by atoms with Crippen molar-refractivity contribution >= 4 is 68.0 Å². The van der Waals surface area contributed by atoms with Gasteiger partial charge in [0.25, 0.3) is 0 Å². The molecule has 0 fully saturated rings. The first-order chi connectivity index (χ1) is 10.9. The molecule has 0 aliphatic rings. The molecule has 2 unspecified atom stereocenters. The van der Waals surface area contributed by atoms with Crippen LogP contribution in [-0.4, -0.2) is 51.3 Å². The third kappa shape index (κ3) is 13.1. The zero-order valence-electron chi connectivity index (χ0n) is 14.2. The molecule has 0 aromatic rings. The highest BCUT2D eigenvalue weighted by Crippen LogP contribution is 2.50. The summed E-state index contributed by atoms with van der Waals surface area (Å²) in [6.45, 7) is 1.10. The van der Waals surface area contributed by atoms with Crippen molar-refractivity contribution in [2.24, 2.45) is 0 Å². The normalized spacial score (nSPS) is 16.9. The molecule has 0 spiro atoms. The first kappa shape index (κ1) is 25.2. The molecule has 0 bridgehead atoms. The van der Waals surface area contributed by atoms with E-state index >= 15 is 0 Å². The average molecular weight is 459 g/mol. The Hall–Kier alpha value is 2.19. The van der Waals surface area contributed by atoms with Crippen molar-refractivity contribution in [3.63, 3.8) is 0 Å². The van der Waals surface area contributed by atoms with Crippen molar-refractivity contribution in [1.82, 2.24) is 0 Å². The second-order valence-corrected chi connectivity index (χ2v) is 16.7.